The first-order valence-electron chi connectivity index (χ1n) is 7.07. The molecule has 5 nitrogen and oxygen atoms in total. The van der Waals surface area contributed by atoms with E-state index in [1.807, 2.05) is 24.3 Å². The number of anilines is 1. The van der Waals surface area contributed by atoms with E-state index in [9.17, 15) is 4.79 Å². The molecule has 1 aromatic rings. The molecule has 2 atom stereocenters. The maximum atomic E-state index is 11.4. The molecule has 5 heteroatoms. The van der Waals surface area contributed by atoms with Crippen LogP contribution in [0.15, 0.2) is 24.3 Å². The van der Waals surface area contributed by atoms with Crippen molar-refractivity contribution in [2.75, 3.05) is 19.0 Å². The predicted molar refractivity (Wildman–Crippen MR) is 76.1 cm³/mol. The minimum absolute atomic E-state index is 0.205. The molecule has 0 aromatic heterocycles. The number of carbonyl (C=O) groups excluding carboxylic acids is 1. The summed E-state index contributed by atoms with van der Waals surface area (Å²) in [4.78, 5) is 11.4. The average Bonchev–Trinajstić information content (AvgIpc) is 2.84. The van der Waals surface area contributed by atoms with Crippen molar-refractivity contribution in [3.05, 3.63) is 24.3 Å². The molecule has 20 heavy (non-hydrogen) atoms. The summed E-state index contributed by atoms with van der Waals surface area (Å²) in [5.41, 5.74) is 0.785. The number of rotatable bonds is 3. The summed E-state index contributed by atoms with van der Waals surface area (Å²) < 4.78 is 10.3. The van der Waals surface area contributed by atoms with Gasteiger partial charge in [0.15, 0.2) is 0 Å². The van der Waals surface area contributed by atoms with Crippen LogP contribution < -0.4 is 15.4 Å². The van der Waals surface area contributed by atoms with Crippen molar-refractivity contribution >= 4 is 11.8 Å². The van der Waals surface area contributed by atoms with E-state index in [1.54, 1.807) is 7.11 Å². The third kappa shape index (κ3) is 2.40. The Hall–Kier alpha value is -1.91. The zero-order chi connectivity index (χ0) is 14.0. The van der Waals surface area contributed by atoms with Crippen LogP contribution in [0.4, 0.5) is 10.5 Å². The SMILES string of the molecule is COc1ccc(N[C@H]2CCCC[C@@]23COC(=O)N3)cc1. The highest BCUT2D eigenvalue weighted by atomic mass is 16.6. The Kier molecular flexibility index (Phi) is 3.42. The zero-order valence-electron chi connectivity index (χ0n) is 11.6. The van der Waals surface area contributed by atoms with Gasteiger partial charge in [-0.25, -0.2) is 4.79 Å². The van der Waals surface area contributed by atoms with Crippen molar-refractivity contribution in [2.24, 2.45) is 0 Å². The molecule has 1 heterocycles. The lowest BCUT2D eigenvalue weighted by molar-refractivity contribution is 0.161. The van der Waals surface area contributed by atoms with E-state index in [-0.39, 0.29) is 17.7 Å². The third-order valence-electron chi connectivity index (χ3n) is 4.28. The molecule has 0 radical (unpaired) electrons. The number of ether oxygens (including phenoxy) is 2. The quantitative estimate of drug-likeness (QED) is 0.890. The van der Waals surface area contributed by atoms with Gasteiger partial charge < -0.3 is 20.1 Å². The Balaban J connectivity index is 1.75. The van der Waals surface area contributed by atoms with Gasteiger partial charge in [-0.15, -0.1) is 0 Å². The molecular formula is C15H20N2O3. The number of alkyl carbamates (subject to hydrolysis) is 1. The second-order valence-electron chi connectivity index (χ2n) is 5.53. The first-order valence-corrected chi connectivity index (χ1v) is 7.07. The summed E-state index contributed by atoms with van der Waals surface area (Å²) in [7, 11) is 1.66. The number of cyclic esters (lactones) is 1. The van der Waals surface area contributed by atoms with Gasteiger partial charge in [-0.1, -0.05) is 12.8 Å². The first-order chi connectivity index (χ1) is 9.72. The van der Waals surface area contributed by atoms with Crippen molar-refractivity contribution < 1.29 is 14.3 Å². The molecule has 1 amide bonds. The van der Waals surface area contributed by atoms with Gasteiger partial charge in [0, 0.05) is 5.69 Å². The summed E-state index contributed by atoms with van der Waals surface area (Å²) >= 11 is 0. The fourth-order valence-corrected chi connectivity index (χ4v) is 3.13. The lowest BCUT2D eigenvalue weighted by Crippen LogP contribution is -2.58. The summed E-state index contributed by atoms with van der Waals surface area (Å²) in [5, 5.41) is 6.55. The third-order valence-corrected chi connectivity index (χ3v) is 4.28. The zero-order valence-corrected chi connectivity index (χ0v) is 11.6. The standard InChI is InChI=1S/C15H20N2O3/c1-19-12-7-5-11(6-8-12)16-13-4-2-3-9-15(13)10-20-14(18)17-15/h5-8,13,16H,2-4,9-10H2,1H3,(H,17,18)/t13-,15+/m0/s1. The van der Waals surface area contributed by atoms with Gasteiger partial charge in [0.1, 0.15) is 12.4 Å². The number of benzene rings is 1. The van der Waals surface area contributed by atoms with Crippen LogP contribution in [0.3, 0.4) is 0 Å². The van der Waals surface area contributed by atoms with Crippen LogP contribution in [-0.4, -0.2) is 31.4 Å². The highest BCUT2D eigenvalue weighted by Crippen LogP contribution is 2.34. The Labute approximate surface area is 118 Å². The highest BCUT2D eigenvalue weighted by molar-refractivity contribution is 5.71. The summed E-state index contributed by atoms with van der Waals surface area (Å²) in [6.45, 7) is 0.458. The van der Waals surface area contributed by atoms with Crippen LogP contribution in [0.25, 0.3) is 0 Å². The van der Waals surface area contributed by atoms with Crippen LogP contribution in [0.2, 0.25) is 0 Å². The number of nitrogens with one attached hydrogen (secondary N) is 2. The predicted octanol–water partition coefficient (Wildman–Crippen LogP) is 2.53. The molecule has 1 saturated heterocycles. The average molecular weight is 276 g/mol. The molecule has 1 aliphatic heterocycles. The number of amides is 1. The second kappa shape index (κ2) is 5.23. The molecule has 2 fully saturated rings. The maximum absolute atomic E-state index is 11.4. The molecule has 2 aliphatic rings. The largest absolute Gasteiger partial charge is 0.497 e. The molecule has 1 aromatic carbocycles. The van der Waals surface area contributed by atoms with Crippen molar-refractivity contribution in [3.8, 4) is 5.75 Å². The Morgan fingerprint density at radius 2 is 2.15 bits per heavy atom. The molecule has 0 unspecified atom stereocenters. The van der Waals surface area contributed by atoms with Crippen LogP contribution in [-0.2, 0) is 4.74 Å². The molecule has 3 rings (SSSR count). The van der Waals surface area contributed by atoms with E-state index in [2.05, 4.69) is 10.6 Å². The fraction of sp³-hybridized carbons (Fsp3) is 0.533. The molecule has 1 spiro atoms. The van der Waals surface area contributed by atoms with Crippen LogP contribution in [0, 0.1) is 0 Å². The normalized spacial score (nSPS) is 28.9. The van der Waals surface area contributed by atoms with E-state index in [1.165, 1.54) is 6.42 Å². The molecular weight excluding hydrogens is 256 g/mol. The smallest absolute Gasteiger partial charge is 0.407 e. The van der Waals surface area contributed by atoms with Gasteiger partial charge >= 0.3 is 6.09 Å². The van der Waals surface area contributed by atoms with Gasteiger partial charge in [0.05, 0.1) is 18.7 Å². The van der Waals surface area contributed by atoms with Gasteiger partial charge in [-0.05, 0) is 37.1 Å². The number of hydrogen-bond acceptors (Lipinski definition) is 4. The van der Waals surface area contributed by atoms with Crippen LogP contribution in [0.5, 0.6) is 5.75 Å². The van der Waals surface area contributed by atoms with Crippen molar-refractivity contribution in [3.63, 3.8) is 0 Å². The summed E-state index contributed by atoms with van der Waals surface area (Å²) in [6, 6.07) is 8.07. The van der Waals surface area contributed by atoms with Crippen LogP contribution >= 0.6 is 0 Å². The van der Waals surface area contributed by atoms with E-state index < -0.39 is 0 Å². The summed E-state index contributed by atoms with van der Waals surface area (Å²) in [5.74, 6) is 0.839. The highest BCUT2D eigenvalue weighted by Gasteiger charge is 2.47. The Bertz CT molecular complexity index is 488. The fourth-order valence-electron chi connectivity index (χ4n) is 3.13. The van der Waals surface area contributed by atoms with Crippen molar-refractivity contribution in [1.29, 1.82) is 0 Å². The minimum atomic E-state index is -0.298. The molecule has 2 N–H and O–H groups in total. The van der Waals surface area contributed by atoms with Gasteiger partial charge in [0.2, 0.25) is 0 Å². The van der Waals surface area contributed by atoms with E-state index in [0.717, 1.165) is 30.7 Å². The van der Waals surface area contributed by atoms with Gasteiger partial charge in [0.25, 0.3) is 0 Å². The molecule has 1 saturated carbocycles. The van der Waals surface area contributed by atoms with E-state index in [0.29, 0.717) is 6.61 Å². The van der Waals surface area contributed by atoms with Crippen LogP contribution in [0.1, 0.15) is 25.7 Å². The van der Waals surface area contributed by atoms with Gasteiger partial charge in [-0.2, -0.15) is 0 Å². The number of carbonyl (C=O) groups is 1. The second-order valence-corrected chi connectivity index (χ2v) is 5.53. The topological polar surface area (TPSA) is 59.6 Å². The number of hydrogen-bond donors (Lipinski definition) is 2. The Morgan fingerprint density at radius 3 is 2.80 bits per heavy atom. The lowest BCUT2D eigenvalue weighted by atomic mass is 9.78. The monoisotopic (exact) mass is 276 g/mol. The number of methoxy groups -OCH3 is 1. The van der Waals surface area contributed by atoms with Crippen molar-refractivity contribution in [2.45, 2.75) is 37.3 Å². The van der Waals surface area contributed by atoms with E-state index >= 15 is 0 Å². The van der Waals surface area contributed by atoms with Crippen molar-refractivity contribution in [1.82, 2.24) is 5.32 Å². The minimum Gasteiger partial charge on any atom is -0.497 e. The molecule has 1 aliphatic carbocycles. The molecule has 0 bridgehead atoms. The van der Waals surface area contributed by atoms with Gasteiger partial charge in [-0.3, -0.25) is 0 Å². The lowest BCUT2D eigenvalue weighted by Gasteiger charge is -2.40. The van der Waals surface area contributed by atoms with E-state index in [4.69, 9.17) is 9.47 Å². The first kappa shape index (κ1) is 13.1. The molecule has 108 valence electrons. The maximum Gasteiger partial charge on any atom is 0.407 e. The summed E-state index contributed by atoms with van der Waals surface area (Å²) in [6.07, 6.45) is 4.01. The Morgan fingerprint density at radius 1 is 1.35 bits per heavy atom.